The van der Waals surface area contributed by atoms with Gasteiger partial charge in [0.15, 0.2) is 0 Å². The minimum atomic E-state index is -0.0204. The second-order valence-corrected chi connectivity index (χ2v) is 6.62. The predicted octanol–water partition coefficient (Wildman–Crippen LogP) is 2.37. The van der Waals surface area contributed by atoms with Crippen LogP contribution in [-0.4, -0.2) is 41.3 Å². The lowest BCUT2D eigenvalue weighted by Gasteiger charge is -2.27. The van der Waals surface area contributed by atoms with Crippen LogP contribution in [0.5, 0.6) is 0 Å². The van der Waals surface area contributed by atoms with Gasteiger partial charge in [0.2, 0.25) is 0 Å². The molecule has 2 amide bonds. The maximum Gasteiger partial charge on any atom is 0.317 e. The molecule has 1 fully saturated rings. The number of urea groups is 1. The first-order chi connectivity index (χ1) is 8.33. The van der Waals surface area contributed by atoms with Gasteiger partial charge in [-0.3, -0.25) is 0 Å². The van der Waals surface area contributed by atoms with Crippen molar-refractivity contribution in [2.24, 2.45) is 5.41 Å². The third-order valence-electron chi connectivity index (χ3n) is 3.55. The van der Waals surface area contributed by atoms with E-state index in [1.54, 1.807) is 4.90 Å². The van der Waals surface area contributed by atoms with E-state index in [0.717, 1.165) is 32.2 Å². The van der Waals surface area contributed by atoms with Crippen molar-refractivity contribution in [2.45, 2.75) is 65.5 Å². The first kappa shape index (κ1) is 15.3. The van der Waals surface area contributed by atoms with Crippen molar-refractivity contribution < 1.29 is 9.90 Å². The third kappa shape index (κ3) is 4.84. The summed E-state index contributed by atoms with van der Waals surface area (Å²) in [5.41, 5.74) is 0.306. The summed E-state index contributed by atoms with van der Waals surface area (Å²) in [4.78, 5) is 13.8. The zero-order chi connectivity index (χ0) is 13.8. The fourth-order valence-electron chi connectivity index (χ4n) is 2.31. The number of likely N-dealkylation sites (tertiary alicyclic amines) is 1. The lowest BCUT2D eigenvalue weighted by Crippen LogP contribution is -2.47. The van der Waals surface area contributed by atoms with E-state index >= 15 is 0 Å². The van der Waals surface area contributed by atoms with Crippen molar-refractivity contribution in [3.05, 3.63) is 0 Å². The molecular formula is C14H28N2O2. The summed E-state index contributed by atoms with van der Waals surface area (Å²) in [7, 11) is 0. The SMILES string of the molecule is CC(CCC(C)(C)C)NC(=O)N1CCC[C@@H]1CO. The molecule has 0 aliphatic carbocycles. The van der Waals surface area contributed by atoms with E-state index < -0.39 is 0 Å². The van der Waals surface area contributed by atoms with Crippen LogP contribution in [0.2, 0.25) is 0 Å². The molecule has 1 aliphatic heterocycles. The summed E-state index contributed by atoms with van der Waals surface area (Å²) < 4.78 is 0. The summed E-state index contributed by atoms with van der Waals surface area (Å²) in [5.74, 6) is 0. The zero-order valence-corrected chi connectivity index (χ0v) is 12.2. The average molecular weight is 256 g/mol. The lowest BCUT2D eigenvalue weighted by atomic mass is 9.89. The number of rotatable bonds is 4. The molecular weight excluding hydrogens is 228 g/mol. The lowest BCUT2D eigenvalue weighted by molar-refractivity contribution is 0.154. The smallest absolute Gasteiger partial charge is 0.317 e. The van der Waals surface area contributed by atoms with Gasteiger partial charge < -0.3 is 15.3 Å². The summed E-state index contributed by atoms with van der Waals surface area (Å²) >= 11 is 0. The number of carbonyl (C=O) groups excluding carboxylic acids is 1. The number of nitrogens with one attached hydrogen (secondary N) is 1. The molecule has 4 nitrogen and oxygen atoms in total. The second-order valence-electron chi connectivity index (χ2n) is 6.62. The van der Waals surface area contributed by atoms with Crippen LogP contribution in [-0.2, 0) is 0 Å². The zero-order valence-electron chi connectivity index (χ0n) is 12.2. The molecule has 0 bridgehead atoms. The van der Waals surface area contributed by atoms with Crippen LogP contribution in [0.15, 0.2) is 0 Å². The molecule has 0 radical (unpaired) electrons. The molecule has 1 aliphatic rings. The van der Waals surface area contributed by atoms with Crippen molar-refractivity contribution in [1.82, 2.24) is 10.2 Å². The Balaban J connectivity index is 2.35. The quantitative estimate of drug-likeness (QED) is 0.811. The van der Waals surface area contributed by atoms with Crippen molar-refractivity contribution in [3.8, 4) is 0 Å². The Morgan fingerprint density at radius 3 is 2.72 bits per heavy atom. The highest BCUT2D eigenvalue weighted by molar-refractivity contribution is 5.75. The summed E-state index contributed by atoms with van der Waals surface area (Å²) in [6.07, 6.45) is 4.00. The van der Waals surface area contributed by atoms with Crippen LogP contribution < -0.4 is 5.32 Å². The predicted molar refractivity (Wildman–Crippen MR) is 73.5 cm³/mol. The number of hydrogen-bond donors (Lipinski definition) is 2. The Hall–Kier alpha value is -0.770. The van der Waals surface area contributed by atoms with Crippen molar-refractivity contribution in [1.29, 1.82) is 0 Å². The maximum absolute atomic E-state index is 12.1. The van der Waals surface area contributed by atoms with Gasteiger partial charge in [-0.25, -0.2) is 4.79 Å². The van der Waals surface area contributed by atoms with Gasteiger partial charge in [-0.1, -0.05) is 20.8 Å². The number of aliphatic hydroxyl groups excluding tert-OH is 1. The highest BCUT2D eigenvalue weighted by Gasteiger charge is 2.28. The standard InChI is InChI=1S/C14H28N2O2/c1-11(7-8-14(2,3)4)15-13(18)16-9-5-6-12(16)10-17/h11-12,17H,5-10H2,1-4H3,(H,15,18)/t11?,12-/m1/s1. The second kappa shape index (κ2) is 6.41. The molecule has 0 aromatic heterocycles. The Bertz CT molecular complexity index is 273. The van der Waals surface area contributed by atoms with Gasteiger partial charge >= 0.3 is 6.03 Å². The first-order valence-corrected chi connectivity index (χ1v) is 7.01. The topological polar surface area (TPSA) is 52.6 Å². The molecule has 1 heterocycles. The van der Waals surface area contributed by atoms with E-state index in [-0.39, 0.29) is 24.7 Å². The minimum Gasteiger partial charge on any atom is -0.394 e. The molecule has 18 heavy (non-hydrogen) atoms. The van der Waals surface area contributed by atoms with Gasteiger partial charge in [-0.05, 0) is 38.0 Å². The van der Waals surface area contributed by atoms with Crippen molar-refractivity contribution >= 4 is 6.03 Å². The largest absolute Gasteiger partial charge is 0.394 e. The van der Waals surface area contributed by atoms with E-state index in [4.69, 9.17) is 0 Å². The fourth-order valence-corrected chi connectivity index (χ4v) is 2.31. The Labute approximate surface area is 111 Å². The van der Waals surface area contributed by atoms with Crippen LogP contribution >= 0.6 is 0 Å². The van der Waals surface area contributed by atoms with Gasteiger partial charge in [0.25, 0.3) is 0 Å². The van der Waals surface area contributed by atoms with Crippen LogP contribution in [0.1, 0.15) is 53.4 Å². The van der Waals surface area contributed by atoms with Crippen molar-refractivity contribution in [2.75, 3.05) is 13.2 Å². The van der Waals surface area contributed by atoms with Gasteiger partial charge in [0.05, 0.1) is 12.6 Å². The van der Waals surface area contributed by atoms with E-state index in [9.17, 15) is 9.90 Å². The minimum absolute atomic E-state index is 0.0137. The Morgan fingerprint density at radius 2 is 2.17 bits per heavy atom. The molecule has 1 rings (SSSR count). The van der Waals surface area contributed by atoms with Crippen LogP contribution in [0, 0.1) is 5.41 Å². The van der Waals surface area contributed by atoms with Gasteiger partial charge in [-0.2, -0.15) is 0 Å². The van der Waals surface area contributed by atoms with E-state index in [2.05, 4.69) is 26.1 Å². The normalized spacial score (nSPS) is 22.1. The first-order valence-electron chi connectivity index (χ1n) is 7.01. The van der Waals surface area contributed by atoms with E-state index in [0.29, 0.717) is 5.41 Å². The Kier molecular flexibility index (Phi) is 5.45. The molecule has 0 aromatic rings. The van der Waals surface area contributed by atoms with Gasteiger partial charge in [-0.15, -0.1) is 0 Å². The van der Waals surface area contributed by atoms with Crippen LogP contribution in [0.4, 0.5) is 4.79 Å². The molecule has 2 atom stereocenters. The van der Waals surface area contributed by atoms with E-state index in [1.807, 2.05) is 6.92 Å². The number of amides is 2. The number of carbonyl (C=O) groups is 1. The molecule has 1 saturated heterocycles. The molecule has 0 aromatic carbocycles. The van der Waals surface area contributed by atoms with Gasteiger partial charge in [0.1, 0.15) is 0 Å². The average Bonchev–Trinajstić information content (AvgIpc) is 2.73. The third-order valence-corrected chi connectivity index (χ3v) is 3.55. The number of hydrogen-bond acceptors (Lipinski definition) is 2. The summed E-state index contributed by atoms with van der Waals surface area (Å²) in [6.45, 7) is 9.53. The molecule has 1 unspecified atom stereocenters. The molecule has 2 N–H and O–H groups in total. The maximum atomic E-state index is 12.1. The van der Waals surface area contributed by atoms with Gasteiger partial charge in [0, 0.05) is 12.6 Å². The fraction of sp³-hybridized carbons (Fsp3) is 0.929. The number of aliphatic hydroxyl groups is 1. The molecule has 0 saturated carbocycles. The highest BCUT2D eigenvalue weighted by atomic mass is 16.3. The Morgan fingerprint density at radius 1 is 1.50 bits per heavy atom. The summed E-state index contributed by atoms with van der Waals surface area (Å²) in [6, 6.07) is 0.185. The monoisotopic (exact) mass is 256 g/mol. The van der Waals surface area contributed by atoms with Crippen LogP contribution in [0.3, 0.4) is 0 Å². The summed E-state index contributed by atoms with van der Waals surface area (Å²) in [5, 5.41) is 12.2. The van der Waals surface area contributed by atoms with Crippen molar-refractivity contribution in [3.63, 3.8) is 0 Å². The highest BCUT2D eigenvalue weighted by Crippen LogP contribution is 2.22. The molecule has 0 spiro atoms. The molecule has 106 valence electrons. The van der Waals surface area contributed by atoms with Crippen LogP contribution in [0.25, 0.3) is 0 Å². The van der Waals surface area contributed by atoms with E-state index in [1.165, 1.54) is 0 Å². The number of nitrogens with zero attached hydrogens (tertiary/aromatic N) is 1. The molecule has 4 heteroatoms.